The predicted molar refractivity (Wildman–Crippen MR) is 93.0 cm³/mol. The van der Waals surface area contributed by atoms with Gasteiger partial charge < -0.3 is 20.0 Å². The number of carboxylic acids is 1. The highest BCUT2D eigenvalue weighted by Gasteiger charge is 2.42. The summed E-state index contributed by atoms with van der Waals surface area (Å²) in [7, 11) is 0. The number of aliphatic hydroxyl groups is 1. The Morgan fingerprint density at radius 3 is 2.84 bits per heavy atom. The standard InChI is InChI=1S/C17H22ClN3O4/c18-13-8-12(16(24)25)9-19-15(13)21-5-1-3-17(11-21)4-2-14(23)20(10-17)6-7-22/h8-9,22H,1-7,10-11H2,(H,24,25). The fraction of sp³-hybridized carbons (Fsp3) is 0.588. The summed E-state index contributed by atoms with van der Waals surface area (Å²) in [6.07, 6.45) is 4.61. The lowest BCUT2D eigenvalue weighted by molar-refractivity contribution is -0.138. The first kappa shape index (κ1) is 17.9. The number of β-amino-alcohol motifs (C(OH)–C–C–N with tert-alkyl or cyclic N) is 1. The number of amides is 1. The average Bonchev–Trinajstić information content (AvgIpc) is 2.58. The van der Waals surface area contributed by atoms with Gasteiger partial charge in [-0.3, -0.25) is 4.79 Å². The van der Waals surface area contributed by atoms with Gasteiger partial charge in [-0.25, -0.2) is 9.78 Å². The van der Waals surface area contributed by atoms with Gasteiger partial charge in [0, 0.05) is 44.2 Å². The zero-order valence-corrected chi connectivity index (χ0v) is 14.7. The van der Waals surface area contributed by atoms with E-state index in [1.165, 1.54) is 12.3 Å². The molecular formula is C17H22ClN3O4. The number of carbonyl (C=O) groups is 2. The highest BCUT2D eigenvalue weighted by atomic mass is 35.5. The zero-order valence-electron chi connectivity index (χ0n) is 13.9. The van der Waals surface area contributed by atoms with Crippen LogP contribution in [0.2, 0.25) is 5.02 Å². The van der Waals surface area contributed by atoms with Gasteiger partial charge in [-0.15, -0.1) is 0 Å². The van der Waals surface area contributed by atoms with Crippen molar-refractivity contribution in [1.82, 2.24) is 9.88 Å². The van der Waals surface area contributed by atoms with Gasteiger partial charge in [-0.2, -0.15) is 0 Å². The van der Waals surface area contributed by atoms with Gasteiger partial charge in [-0.05, 0) is 25.3 Å². The van der Waals surface area contributed by atoms with E-state index in [-0.39, 0.29) is 23.5 Å². The molecule has 25 heavy (non-hydrogen) atoms. The predicted octanol–water partition coefficient (Wildman–Crippen LogP) is 1.63. The molecule has 0 bridgehead atoms. The van der Waals surface area contributed by atoms with Crippen LogP contribution in [0.5, 0.6) is 0 Å². The lowest BCUT2D eigenvalue weighted by Crippen LogP contribution is -2.54. The second-order valence-electron chi connectivity index (χ2n) is 6.90. The number of pyridine rings is 1. The number of aliphatic hydroxyl groups excluding tert-OH is 1. The maximum Gasteiger partial charge on any atom is 0.337 e. The molecular weight excluding hydrogens is 346 g/mol. The molecule has 7 nitrogen and oxygen atoms in total. The monoisotopic (exact) mass is 367 g/mol. The minimum Gasteiger partial charge on any atom is -0.478 e. The number of anilines is 1. The number of piperidine rings is 2. The normalized spacial score (nSPS) is 24.0. The van der Waals surface area contributed by atoms with E-state index < -0.39 is 5.97 Å². The number of hydrogen-bond acceptors (Lipinski definition) is 5. The number of carboxylic acid groups (broad SMARTS) is 1. The quantitative estimate of drug-likeness (QED) is 0.840. The molecule has 1 aromatic rings. The molecule has 0 aliphatic carbocycles. The highest BCUT2D eigenvalue weighted by Crippen LogP contribution is 2.41. The minimum atomic E-state index is -1.05. The van der Waals surface area contributed by atoms with Crippen LogP contribution in [0.3, 0.4) is 0 Å². The molecule has 2 aliphatic heterocycles. The van der Waals surface area contributed by atoms with Gasteiger partial charge in [0.2, 0.25) is 5.91 Å². The largest absolute Gasteiger partial charge is 0.478 e. The van der Waals surface area contributed by atoms with Crippen LogP contribution in [-0.2, 0) is 4.79 Å². The lowest BCUT2D eigenvalue weighted by atomic mass is 9.73. The summed E-state index contributed by atoms with van der Waals surface area (Å²) in [4.78, 5) is 31.2. The Kier molecular flexibility index (Phi) is 5.15. The number of hydrogen-bond donors (Lipinski definition) is 2. The number of aromatic nitrogens is 1. The van der Waals surface area contributed by atoms with E-state index in [9.17, 15) is 14.7 Å². The molecule has 136 valence electrons. The Bertz CT molecular complexity index is 684. The number of carbonyl (C=O) groups excluding carboxylic acids is 1. The third kappa shape index (κ3) is 3.72. The first-order valence-corrected chi connectivity index (χ1v) is 8.84. The molecule has 1 unspecified atom stereocenters. The van der Waals surface area contributed by atoms with Crippen LogP contribution < -0.4 is 4.90 Å². The van der Waals surface area contributed by atoms with Gasteiger partial charge in [0.1, 0.15) is 5.82 Å². The summed E-state index contributed by atoms with van der Waals surface area (Å²) in [5, 5.41) is 18.6. The zero-order chi connectivity index (χ0) is 18.0. The van der Waals surface area contributed by atoms with E-state index in [0.29, 0.717) is 30.4 Å². The molecule has 1 spiro atoms. The smallest absolute Gasteiger partial charge is 0.337 e. The SMILES string of the molecule is O=C(O)c1cnc(N2CCCC3(CCC(=O)N(CCO)C3)C2)c(Cl)c1. The molecule has 0 radical (unpaired) electrons. The Morgan fingerprint density at radius 1 is 1.36 bits per heavy atom. The number of halogens is 1. The molecule has 0 aromatic carbocycles. The number of aromatic carboxylic acids is 1. The van der Waals surface area contributed by atoms with Crippen molar-refractivity contribution in [2.45, 2.75) is 25.7 Å². The fourth-order valence-electron chi connectivity index (χ4n) is 3.93. The van der Waals surface area contributed by atoms with Crippen LogP contribution in [0.15, 0.2) is 12.3 Å². The minimum absolute atomic E-state index is 0.0300. The molecule has 8 heteroatoms. The highest BCUT2D eigenvalue weighted by molar-refractivity contribution is 6.33. The maximum atomic E-state index is 12.0. The van der Waals surface area contributed by atoms with Crippen molar-refractivity contribution in [3.05, 3.63) is 22.8 Å². The summed E-state index contributed by atoms with van der Waals surface area (Å²) in [6, 6.07) is 1.43. The van der Waals surface area contributed by atoms with E-state index in [2.05, 4.69) is 9.88 Å². The van der Waals surface area contributed by atoms with Gasteiger partial charge in [-0.1, -0.05) is 11.6 Å². The summed E-state index contributed by atoms with van der Waals surface area (Å²) in [5.74, 6) is -0.364. The summed E-state index contributed by atoms with van der Waals surface area (Å²) in [6.45, 7) is 2.49. The van der Waals surface area contributed by atoms with E-state index in [1.807, 2.05) is 0 Å². The molecule has 2 fully saturated rings. The molecule has 2 aliphatic rings. The van der Waals surface area contributed by atoms with Crippen molar-refractivity contribution in [3.8, 4) is 0 Å². The summed E-state index contributed by atoms with van der Waals surface area (Å²) >= 11 is 6.27. The van der Waals surface area contributed by atoms with Crippen molar-refractivity contribution in [2.75, 3.05) is 37.7 Å². The van der Waals surface area contributed by atoms with Crippen molar-refractivity contribution >= 4 is 29.3 Å². The third-order valence-corrected chi connectivity index (χ3v) is 5.43. The first-order valence-electron chi connectivity index (χ1n) is 8.46. The van der Waals surface area contributed by atoms with Crippen LogP contribution in [-0.4, -0.2) is 64.8 Å². The van der Waals surface area contributed by atoms with E-state index >= 15 is 0 Å². The third-order valence-electron chi connectivity index (χ3n) is 5.15. The van der Waals surface area contributed by atoms with E-state index in [4.69, 9.17) is 16.7 Å². The topological polar surface area (TPSA) is 94.0 Å². The van der Waals surface area contributed by atoms with Crippen molar-refractivity contribution in [3.63, 3.8) is 0 Å². The van der Waals surface area contributed by atoms with E-state index in [0.717, 1.165) is 32.4 Å². The number of likely N-dealkylation sites (tertiary alicyclic amines) is 1. The van der Waals surface area contributed by atoms with Crippen LogP contribution >= 0.6 is 11.6 Å². The van der Waals surface area contributed by atoms with Crippen molar-refractivity contribution in [1.29, 1.82) is 0 Å². The molecule has 3 rings (SSSR count). The molecule has 1 amide bonds. The molecule has 1 atom stereocenters. The second kappa shape index (κ2) is 7.17. The first-order chi connectivity index (χ1) is 11.9. The molecule has 3 heterocycles. The molecule has 0 saturated carbocycles. The molecule has 2 N–H and O–H groups in total. The van der Waals surface area contributed by atoms with Gasteiger partial charge in [0.15, 0.2) is 0 Å². The van der Waals surface area contributed by atoms with Gasteiger partial charge in [0.25, 0.3) is 0 Å². The Balaban J connectivity index is 1.79. The Morgan fingerprint density at radius 2 is 2.16 bits per heavy atom. The second-order valence-corrected chi connectivity index (χ2v) is 7.31. The van der Waals surface area contributed by atoms with Crippen LogP contribution in [0.1, 0.15) is 36.0 Å². The number of nitrogens with zero attached hydrogens (tertiary/aromatic N) is 3. The van der Waals surface area contributed by atoms with Crippen LogP contribution in [0.25, 0.3) is 0 Å². The van der Waals surface area contributed by atoms with Crippen molar-refractivity contribution in [2.24, 2.45) is 5.41 Å². The van der Waals surface area contributed by atoms with Gasteiger partial charge in [0.05, 0.1) is 17.2 Å². The Hall–Kier alpha value is -1.86. The average molecular weight is 368 g/mol. The molecule has 1 aromatic heterocycles. The van der Waals surface area contributed by atoms with E-state index in [1.54, 1.807) is 4.90 Å². The lowest BCUT2D eigenvalue weighted by Gasteiger charge is -2.48. The van der Waals surface area contributed by atoms with Crippen LogP contribution in [0.4, 0.5) is 5.82 Å². The number of rotatable bonds is 4. The molecule has 2 saturated heterocycles. The van der Waals surface area contributed by atoms with Gasteiger partial charge >= 0.3 is 5.97 Å². The summed E-state index contributed by atoms with van der Waals surface area (Å²) in [5.41, 5.74) is 0.0375. The fourth-order valence-corrected chi connectivity index (χ4v) is 4.21. The Labute approximate surface area is 151 Å². The maximum absolute atomic E-state index is 12.0. The summed E-state index contributed by atoms with van der Waals surface area (Å²) < 4.78 is 0. The van der Waals surface area contributed by atoms with Crippen molar-refractivity contribution < 1.29 is 19.8 Å². The van der Waals surface area contributed by atoms with Crippen LogP contribution in [0, 0.1) is 5.41 Å².